The molecule has 0 aliphatic heterocycles. The molecule has 2 atom stereocenters. The van der Waals surface area contributed by atoms with Gasteiger partial charge in [-0.15, -0.1) is 0 Å². The van der Waals surface area contributed by atoms with Gasteiger partial charge in [-0.2, -0.15) is 0 Å². The Morgan fingerprint density at radius 1 is 1.11 bits per heavy atom. The summed E-state index contributed by atoms with van der Waals surface area (Å²) in [6.45, 7) is 9.21. The van der Waals surface area contributed by atoms with Gasteiger partial charge in [0, 0.05) is 11.8 Å². The first-order valence-corrected chi connectivity index (χ1v) is 8.23. The summed E-state index contributed by atoms with van der Waals surface area (Å²) in [6, 6.07) is 0. The minimum absolute atomic E-state index is 0.101. The Labute approximate surface area is 118 Å². The first-order chi connectivity index (χ1) is 8.70. The molecule has 0 aromatic heterocycles. The van der Waals surface area contributed by atoms with Crippen molar-refractivity contribution in [2.24, 2.45) is 28.1 Å². The number of rotatable bonds is 3. The third-order valence-corrected chi connectivity index (χ3v) is 6.05. The van der Waals surface area contributed by atoms with Gasteiger partial charge in [-0.05, 0) is 67.6 Å². The van der Waals surface area contributed by atoms with Gasteiger partial charge in [-0.3, -0.25) is 4.79 Å². The quantitative estimate of drug-likeness (QED) is 0.700. The van der Waals surface area contributed by atoms with Crippen LogP contribution in [0.1, 0.15) is 79.1 Å². The minimum atomic E-state index is 0.101. The SMILES string of the molecule is CC(C)(C)CCC(=O)C12CC3CC(CC(C)(C3)C1)C2. The van der Waals surface area contributed by atoms with Crippen LogP contribution in [0.3, 0.4) is 0 Å². The van der Waals surface area contributed by atoms with Crippen LogP contribution in [-0.4, -0.2) is 5.78 Å². The Kier molecular flexibility index (Phi) is 2.93. The molecule has 1 heteroatoms. The molecular weight excluding hydrogens is 232 g/mol. The molecule has 0 aromatic rings. The molecule has 4 aliphatic carbocycles. The topological polar surface area (TPSA) is 17.1 Å². The molecule has 4 fully saturated rings. The van der Waals surface area contributed by atoms with Crippen molar-refractivity contribution in [2.75, 3.05) is 0 Å². The molecule has 0 saturated heterocycles. The van der Waals surface area contributed by atoms with E-state index in [0.717, 1.165) is 24.7 Å². The monoisotopic (exact) mass is 262 g/mol. The molecule has 108 valence electrons. The van der Waals surface area contributed by atoms with Gasteiger partial charge in [-0.25, -0.2) is 0 Å². The van der Waals surface area contributed by atoms with Gasteiger partial charge in [0.05, 0.1) is 0 Å². The van der Waals surface area contributed by atoms with Crippen molar-refractivity contribution in [1.82, 2.24) is 0 Å². The van der Waals surface area contributed by atoms with Gasteiger partial charge >= 0.3 is 0 Å². The lowest BCUT2D eigenvalue weighted by atomic mass is 9.43. The highest BCUT2D eigenvalue weighted by Gasteiger charge is 2.58. The summed E-state index contributed by atoms with van der Waals surface area (Å²) in [5.41, 5.74) is 0.896. The predicted octanol–water partition coefficient (Wildman–Crippen LogP) is 4.99. The lowest BCUT2D eigenvalue weighted by Gasteiger charge is -2.60. The van der Waals surface area contributed by atoms with Gasteiger partial charge in [-0.1, -0.05) is 27.7 Å². The Balaban J connectivity index is 1.74. The molecule has 4 bridgehead atoms. The summed E-state index contributed by atoms with van der Waals surface area (Å²) >= 11 is 0. The van der Waals surface area contributed by atoms with Gasteiger partial charge in [0.15, 0.2) is 0 Å². The van der Waals surface area contributed by atoms with E-state index in [-0.39, 0.29) is 5.41 Å². The third-order valence-electron chi connectivity index (χ3n) is 6.05. The Bertz CT molecular complexity index is 373. The summed E-state index contributed by atoms with van der Waals surface area (Å²) in [4.78, 5) is 12.9. The van der Waals surface area contributed by atoms with Crippen LogP contribution >= 0.6 is 0 Å². The van der Waals surface area contributed by atoms with E-state index < -0.39 is 0 Å². The maximum absolute atomic E-state index is 12.9. The highest BCUT2D eigenvalue weighted by Crippen LogP contribution is 2.65. The summed E-state index contributed by atoms with van der Waals surface area (Å²) in [5, 5.41) is 0. The van der Waals surface area contributed by atoms with Crippen molar-refractivity contribution in [1.29, 1.82) is 0 Å². The Morgan fingerprint density at radius 2 is 1.68 bits per heavy atom. The van der Waals surface area contributed by atoms with Crippen LogP contribution in [0, 0.1) is 28.1 Å². The maximum Gasteiger partial charge on any atom is 0.139 e. The van der Waals surface area contributed by atoms with Gasteiger partial charge in [0.1, 0.15) is 5.78 Å². The summed E-state index contributed by atoms with van der Waals surface area (Å²) in [6.07, 6.45) is 9.75. The lowest BCUT2D eigenvalue weighted by Crippen LogP contribution is -2.54. The molecule has 4 rings (SSSR count). The average molecular weight is 262 g/mol. The van der Waals surface area contributed by atoms with Crippen LogP contribution in [0.25, 0.3) is 0 Å². The highest BCUT2D eigenvalue weighted by molar-refractivity contribution is 5.85. The Hall–Kier alpha value is -0.330. The van der Waals surface area contributed by atoms with Crippen LogP contribution in [0.5, 0.6) is 0 Å². The van der Waals surface area contributed by atoms with Crippen LogP contribution in [0.4, 0.5) is 0 Å². The van der Waals surface area contributed by atoms with E-state index in [1.165, 1.54) is 38.5 Å². The summed E-state index contributed by atoms with van der Waals surface area (Å²) < 4.78 is 0. The van der Waals surface area contributed by atoms with Gasteiger partial charge in [0.25, 0.3) is 0 Å². The second kappa shape index (κ2) is 4.09. The van der Waals surface area contributed by atoms with Gasteiger partial charge < -0.3 is 0 Å². The van der Waals surface area contributed by atoms with Crippen LogP contribution in [-0.2, 0) is 4.79 Å². The molecule has 0 N–H and O–H groups in total. The van der Waals surface area contributed by atoms with E-state index in [1.807, 2.05) is 0 Å². The van der Waals surface area contributed by atoms with Crippen LogP contribution < -0.4 is 0 Å². The summed E-state index contributed by atoms with van der Waals surface area (Å²) in [7, 11) is 0. The number of hydrogen-bond donors (Lipinski definition) is 0. The largest absolute Gasteiger partial charge is 0.299 e. The molecule has 0 radical (unpaired) electrons. The first kappa shape index (κ1) is 13.6. The second-order valence-electron chi connectivity index (χ2n) is 9.54. The average Bonchev–Trinajstić information content (AvgIpc) is 2.21. The van der Waals surface area contributed by atoms with Crippen molar-refractivity contribution < 1.29 is 4.79 Å². The maximum atomic E-state index is 12.9. The van der Waals surface area contributed by atoms with Crippen molar-refractivity contribution in [2.45, 2.75) is 79.1 Å². The number of carbonyl (C=O) groups is 1. The molecule has 0 spiro atoms. The lowest BCUT2D eigenvalue weighted by molar-refractivity contribution is -0.153. The van der Waals surface area contributed by atoms with Crippen molar-refractivity contribution >= 4 is 5.78 Å². The molecule has 2 unspecified atom stereocenters. The molecule has 0 amide bonds. The number of Topliss-reactive ketones (excluding diaryl/α,β-unsaturated/α-hetero) is 1. The molecule has 0 heterocycles. The zero-order valence-electron chi connectivity index (χ0n) is 13.2. The number of hydrogen-bond acceptors (Lipinski definition) is 1. The van der Waals surface area contributed by atoms with E-state index in [1.54, 1.807) is 0 Å². The fourth-order valence-corrected chi connectivity index (χ4v) is 5.80. The first-order valence-electron chi connectivity index (χ1n) is 8.23. The molecule has 1 nitrogen and oxygen atoms in total. The van der Waals surface area contributed by atoms with E-state index in [0.29, 0.717) is 16.6 Å². The fraction of sp³-hybridized carbons (Fsp3) is 0.944. The van der Waals surface area contributed by atoms with Crippen LogP contribution in [0.2, 0.25) is 0 Å². The molecule has 4 aliphatic rings. The van der Waals surface area contributed by atoms with Crippen molar-refractivity contribution in [3.05, 3.63) is 0 Å². The molecule has 0 aromatic carbocycles. The van der Waals surface area contributed by atoms with E-state index in [4.69, 9.17) is 0 Å². The van der Waals surface area contributed by atoms with Crippen molar-refractivity contribution in [3.8, 4) is 0 Å². The normalized spacial score (nSPS) is 44.6. The van der Waals surface area contributed by atoms with Crippen LogP contribution in [0.15, 0.2) is 0 Å². The molecule has 4 saturated carbocycles. The summed E-state index contributed by atoms with van der Waals surface area (Å²) in [5.74, 6) is 2.34. The second-order valence-corrected chi connectivity index (χ2v) is 9.54. The zero-order chi connectivity index (χ0) is 13.9. The number of carbonyl (C=O) groups excluding carboxylic acids is 1. The number of ketones is 1. The molecule has 19 heavy (non-hydrogen) atoms. The van der Waals surface area contributed by atoms with E-state index in [9.17, 15) is 4.79 Å². The predicted molar refractivity (Wildman–Crippen MR) is 78.9 cm³/mol. The van der Waals surface area contributed by atoms with Gasteiger partial charge in [0.2, 0.25) is 0 Å². The minimum Gasteiger partial charge on any atom is -0.299 e. The van der Waals surface area contributed by atoms with E-state index >= 15 is 0 Å². The van der Waals surface area contributed by atoms with Crippen molar-refractivity contribution in [3.63, 3.8) is 0 Å². The smallest absolute Gasteiger partial charge is 0.139 e. The highest BCUT2D eigenvalue weighted by atomic mass is 16.1. The fourth-order valence-electron chi connectivity index (χ4n) is 5.80. The van der Waals surface area contributed by atoms with E-state index in [2.05, 4.69) is 27.7 Å². The standard InChI is InChI=1S/C18H30O/c1-16(2,3)6-5-15(19)18-10-13-7-14(11-18)9-17(4,8-13)12-18/h13-14H,5-12H2,1-4H3. The third kappa shape index (κ3) is 2.50. The molecular formula is C18H30O. The zero-order valence-corrected chi connectivity index (χ0v) is 13.2. The Morgan fingerprint density at radius 3 is 2.16 bits per heavy atom.